The summed E-state index contributed by atoms with van der Waals surface area (Å²) in [5, 5.41) is 8.07. The van der Waals surface area contributed by atoms with Crippen molar-refractivity contribution in [1.82, 2.24) is 20.1 Å². The van der Waals surface area contributed by atoms with Crippen molar-refractivity contribution in [3.63, 3.8) is 0 Å². The van der Waals surface area contributed by atoms with Gasteiger partial charge in [-0.1, -0.05) is 13.0 Å². The van der Waals surface area contributed by atoms with Crippen molar-refractivity contribution in [2.75, 3.05) is 6.54 Å². The van der Waals surface area contributed by atoms with Crippen LogP contribution in [0.25, 0.3) is 0 Å². The molecule has 20 heavy (non-hydrogen) atoms. The molecule has 0 aliphatic heterocycles. The van der Waals surface area contributed by atoms with E-state index in [1.54, 1.807) is 6.20 Å². The van der Waals surface area contributed by atoms with Gasteiger partial charge in [0.1, 0.15) is 0 Å². The molecule has 1 atom stereocenters. The molecule has 0 amide bonds. The Morgan fingerprint density at radius 1 is 1.35 bits per heavy atom. The first-order valence-electron chi connectivity index (χ1n) is 7.01. The zero-order chi connectivity index (χ0) is 14.5. The van der Waals surface area contributed by atoms with Crippen LogP contribution in [-0.2, 0) is 0 Å². The fraction of sp³-hybridized carbons (Fsp3) is 0.467. The lowest BCUT2D eigenvalue weighted by molar-refractivity contribution is 0.470. The van der Waals surface area contributed by atoms with Crippen LogP contribution in [0.5, 0.6) is 0 Å². The van der Waals surface area contributed by atoms with Crippen molar-refractivity contribution >= 4 is 15.9 Å². The van der Waals surface area contributed by atoms with Gasteiger partial charge in [0.05, 0.1) is 22.4 Å². The Morgan fingerprint density at radius 2 is 2.15 bits per heavy atom. The summed E-state index contributed by atoms with van der Waals surface area (Å²) in [6.07, 6.45) is 6.67. The molecule has 0 spiro atoms. The second-order valence-electron chi connectivity index (χ2n) is 5.09. The lowest BCUT2D eigenvalue weighted by Crippen LogP contribution is -2.26. The minimum atomic E-state index is 0.0999. The number of aromatic nitrogens is 3. The third-order valence-corrected chi connectivity index (χ3v) is 3.78. The molecular weight excluding hydrogens is 316 g/mol. The highest BCUT2D eigenvalue weighted by molar-refractivity contribution is 9.10. The van der Waals surface area contributed by atoms with Gasteiger partial charge in [-0.05, 0) is 54.4 Å². The summed E-state index contributed by atoms with van der Waals surface area (Å²) in [5.74, 6) is 0. The second kappa shape index (κ2) is 6.99. The summed E-state index contributed by atoms with van der Waals surface area (Å²) in [4.78, 5) is 4.24. The van der Waals surface area contributed by atoms with Gasteiger partial charge in [0.25, 0.3) is 0 Å². The predicted octanol–water partition coefficient (Wildman–Crippen LogP) is 3.71. The standard InChI is InChI=1S/C15H21BrN4/c1-4-7-18-14(12-6-5-8-17-9-12)15-13(16)10-19-20(15)11(2)3/h5-6,8-11,14,18H,4,7H2,1-3H3. The van der Waals surface area contributed by atoms with E-state index < -0.39 is 0 Å². The Labute approximate surface area is 128 Å². The fourth-order valence-electron chi connectivity index (χ4n) is 2.24. The van der Waals surface area contributed by atoms with Crippen LogP contribution in [0.4, 0.5) is 0 Å². The molecule has 0 radical (unpaired) electrons. The molecule has 0 fully saturated rings. The Kier molecular flexibility index (Phi) is 5.31. The van der Waals surface area contributed by atoms with Crippen molar-refractivity contribution in [2.45, 2.75) is 39.3 Å². The predicted molar refractivity (Wildman–Crippen MR) is 84.7 cm³/mol. The van der Waals surface area contributed by atoms with Crippen molar-refractivity contribution in [1.29, 1.82) is 0 Å². The molecule has 0 saturated heterocycles. The van der Waals surface area contributed by atoms with Gasteiger partial charge < -0.3 is 5.32 Å². The van der Waals surface area contributed by atoms with Gasteiger partial charge in [-0.2, -0.15) is 5.10 Å². The van der Waals surface area contributed by atoms with Gasteiger partial charge in [-0.15, -0.1) is 0 Å². The summed E-state index contributed by atoms with van der Waals surface area (Å²) >= 11 is 3.63. The van der Waals surface area contributed by atoms with Gasteiger partial charge in [0.2, 0.25) is 0 Å². The third kappa shape index (κ3) is 3.27. The largest absolute Gasteiger partial charge is 0.305 e. The number of nitrogens with zero attached hydrogens (tertiary/aromatic N) is 3. The van der Waals surface area contributed by atoms with Crippen molar-refractivity contribution in [3.05, 3.63) is 46.5 Å². The van der Waals surface area contributed by atoms with E-state index in [-0.39, 0.29) is 6.04 Å². The van der Waals surface area contributed by atoms with E-state index in [1.807, 2.05) is 18.5 Å². The molecule has 108 valence electrons. The van der Waals surface area contributed by atoms with Gasteiger partial charge in [-0.3, -0.25) is 9.67 Å². The molecule has 0 aromatic carbocycles. The zero-order valence-corrected chi connectivity index (χ0v) is 13.8. The summed E-state index contributed by atoms with van der Waals surface area (Å²) in [5.41, 5.74) is 2.31. The summed E-state index contributed by atoms with van der Waals surface area (Å²) < 4.78 is 3.09. The van der Waals surface area contributed by atoms with E-state index in [2.05, 4.69) is 62.8 Å². The molecule has 0 aliphatic rings. The van der Waals surface area contributed by atoms with Crippen LogP contribution in [0.15, 0.2) is 35.2 Å². The smallest absolute Gasteiger partial charge is 0.0774 e. The first-order chi connectivity index (χ1) is 9.65. The molecule has 5 heteroatoms. The van der Waals surface area contributed by atoms with Crippen LogP contribution in [0.2, 0.25) is 0 Å². The lowest BCUT2D eigenvalue weighted by atomic mass is 10.1. The molecule has 2 aromatic rings. The van der Waals surface area contributed by atoms with Gasteiger partial charge in [0.15, 0.2) is 0 Å². The fourth-order valence-corrected chi connectivity index (χ4v) is 2.74. The highest BCUT2D eigenvalue weighted by atomic mass is 79.9. The maximum atomic E-state index is 4.48. The third-order valence-electron chi connectivity index (χ3n) is 3.17. The van der Waals surface area contributed by atoms with Crippen LogP contribution in [0.1, 0.15) is 50.5 Å². The topological polar surface area (TPSA) is 42.7 Å². The van der Waals surface area contributed by atoms with Gasteiger partial charge in [-0.25, -0.2) is 0 Å². The molecule has 0 aliphatic carbocycles. The first kappa shape index (κ1) is 15.2. The summed E-state index contributed by atoms with van der Waals surface area (Å²) in [6.45, 7) is 7.41. The van der Waals surface area contributed by atoms with E-state index in [0.29, 0.717) is 6.04 Å². The molecule has 0 bridgehead atoms. The average molecular weight is 337 g/mol. The van der Waals surface area contributed by atoms with Crippen molar-refractivity contribution in [3.8, 4) is 0 Å². The number of nitrogens with one attached hydrogen (secondary N) is 1. The molecule has 2 aromatic heterocycles. The Hall–Kier alpha value is -1.20. The molecule has 4 nitrogen and oxygen atoms in total. The van der Waals surface area contributed by atoms with Crippen LogP contribution in [-0.4, -0.2) is 21.3 Å². The maximum absolute atomic E-state index is 4.48. The van der Waals surface area contributed by atoms with E-state index >= 15 is 0 Å². The number of halogens is 1. The quantitative estimate of drug-likeness (QED) is 0.874. The number of pyridine rings is 1. The second-order valence-corrected chi connectivity index (χ2v) is 5.94. The van der Waals surface area contributed by atoms with Crippen molar-refractivity contribution < 1.29 is 0 Å². The van der Waals surface area contributed by atoms with E-state index in [1.165, 1.54) is 0 Å². The van der Waals surface area contributed by atoms with Crippen LogP contribution in [0.3, 0.4) is 0 Å². The minimum absolute atomic E-state index is 0.0999. The molecule has 1 unspecified atom stereocenters. The summed E-state index contributed by atoms with van der Waals surface area (Å²) in [6, 6.07) is 4.49. The molecule has 2 rings (SSSR count). The highest BCUT2D eigenvalue weighted by Gasteiger charge is 2.22. The SMILES string of the molecule is CCCNC(c1cccnc1)c1c(Br)cnn1C(C)C. The molecule has 1 N–H and O–H groups in total. The highest BCUT2D eigenvalue weighted by Crippen LogP contribution is 2.30. The molecule has 0 saturated carbocycles. The molecular formula is C15H21BrN4. The van der Waals surface area contributed by atoms with E-state index in [9.17, 15) is 0 Å². The van der Waals surface area contributed by atoms with Gasteiger partial charge >= 0.3 is 0 Å². The Balaban J connectivity index is 2.44. The van der Waals surface area contributed by atoms with Gasteiger partial charge in [0, 0.05) is 18.4 Å². The van der Waals surface area contributed by atoms with Crippen LogP contribution in [0, 0.1) is 0 Å². The first-order valence-corrected chi connectivity index (χ1v) is 7.80. The normalized spacial score (nSPS) is 12.8. The maximum Gasteiger partial charge on any atom is 0.0774 e. The van der Waals surface area contributed by atoms with Crippen LogP contribution >= 0.6 is 15.9 Å². The average Bonchev–Trinajstić information content (AvgIpc) is 2.83. The zero-order valence-electron chi connectivity index (χ0n) is 12.2. The van der Waals surface area contributed by atoms with Crippen LogP contribution < -0.4 is 5.32 Å². The molecule has 2 heterocycles. The number of rotatable bonds is 6. The Morgan fingerprint density at radius 3 is 2.75 bits per heavy atom. The lowest BCUT2D eigenvalue weighted by Gasteiger charge is -2.22. The Bertz CT molecular complexity index is 536. The van der Waals surface area contributed by atoms with E-state index in [4.69, 9.17) is 0 Å². The van der Waals surface area contributed by atoms with E-state index in [0.717, 1.165) is 28.7 Å². The van der Waals surface area contributed by atoms with Crippen molar-refractivity contribution in [2.24, 2.45) is 0 Å². The number of hydrogen-bond donors (Lipinski definition) is 1. The summed E-state index contributed by atoms with van der Waals surface area (Å²) in [7, 11) is 0. The monoisotopic (exact) mass is 336 g/mol. The minimum Gasteiger partial charge on any atom is -0.305 e. The number of hydrogen-bond acceptors (Lipinski definition) is 3.